The normalized spacial score (nSPS) is 9.82. The molecular weight excluding hydrogens is 272 g/mol. The standard InChI is InChI=1S/C19H12N2O/c1-21-17-5-3-2-4-16(17)12-18(21)19(22)11-10-14-6-8-15(13-20)9-7-14/h2-9,12H,1H3. The summed E-state index contributed by atoms with van der Waals surface area (Å²) in [6.07, 6.45) is 0. The van der Waals surface area contributed by atoms with Crippen molar-refractivity contribution in [1.29, 1.82) is 5.26 Å². The average Bonchev–Trinajstić information content (AvgIpc) is 2.90. The number of aromatic nitrogens is 1. The summed E-state index contributed by atoms with van der Waals surface area (Å²) in [5, 5.41) is 9.77. The number of benzene rings is 2. The molecule has 0 atom stereocenters. The van der Waals surface area contributed by atoms with Crippen molar-refractivity contribution in [1.82, 2.24) is 4.57 Å². The molecule has 0 saturated carbocycles. The van der Waals surface area contributed by atoms with E-state index in [2.05, 4.69) is 11.8 Å². The lowest BCUT2D eigenvalue weighted by molar-refractivity contribution is 0.104. The number of nitriles is 1. The second-order valence-corrected chi connectivity index (χ2v) is 4.92. The maximum Gasteiger partial charge on any atom is 0.252 e. The lowest BCUT2D eigenvalue weighted by Crippen LogP contribution is -2.03. The van der Waals surface area contributed by atoms with Crippen molar-refractivity contribution in [3.8, 4) is 17.9 Å². The molecule has 0 aliphatic heterocycles. The summed E-state index contributed by atoms with van der Waals surface area (Å²) in [5.41, 5.74) is 2.87. The Hall–Kier alpha value is -3.30. The molecule has 0 amide bonds. The van der Waals surface area contributed by atoms with E-state index in [4.69, 9.17) is 5.26 Å². The summed E-state index contributed by atoms with van der Waals surface area (Å²) in [5.74, 6) is 5.29. The van der Waals surface area contributed by atoms with Gasteiger partial charge in [-0.05, 0) is 42.3 Å². The number of ketones is 1. The van der Waals surface area contributed by atoms with Crippen molar-refractivity contribution in [2.45, 2.75) is 0 Å². The molecule has 3 aromatic rings. The minimum Gasteiger partial charge on any atom is -0.340 e. The summed E-state index contributed by atoms with van der Waals surface area (Å²) < 4.78 is 1.85. The lowest BCUT2D eigenvalue weighted by Gasteiger charge is -1.98. The zero-order valence-corrected chi connectivity index (χ0v) is 12.0. The minimum atomic E-state index is -0.219. The Morgan fingerprint density at radius 2 is 1.73 bits per heavy atom. The molecule has 3 heteroatoms. The fourth-order valence-corrected chi connectivity index (χ4v) is 2.33. The van der Waals surface area contributed by atoms with Crippen LogP contribution in [0.5, 0.6) is 0 Å². The number of fused-ring (bicyclic) bond motifs is 1. The fourth-order valence-electron chi connectivity index (χ4n) is 2.33. The van der Waals surface area contributed by atoms with Crippen LogP contribution in [0.25, 0.3) is 10.9 Å². The van der Waals surface area contributed by atoms with Crippen LogP contribution in [0.1, 0.15) is 21.6 Å². The number of hydrogen-bond acceptors (Lipinski definition) is 2. The van der Waals surface area contributed by atoms with Crippen LogP contribution in [0.4, 0.5) is 0 Å². The van der Waals surface area contributed by atoms with E-state index in [-0.39, 0.29) is 5.78 Å². The van der Waals surface area contributed by atoms with E-state index in [1.54, 1.807) is 24.3 Å². The van der Waals surface area contributed by atoms with E-state index >= 15 is 0 Å². The Balaban J connectivity index is 1.92. The van der Waals surface area contributed by atoms with Gasteiger partial charge in [-0.1, -0.05) is 24.1 Å². The number of carbonyl (C=O) groups excluding carboxylic acids is 1. The van der Waals surface area contributed by atoms with E-state index in [9.17, 15) is 4.79 Å². The van der Waals surface area contributed by atoms with Crippen molar-refractivity contribution in [3.63, 3.8) is 0 Å². The molecule has 1 heterocycles. The molecule has 0 spiro atoms. The summed E-state index contributed by atoms with van der Waals surface area (Å²) in [6, 6.07) is 18.6. The molecule has 0 aliphatic carbocycles. The van der Waals surface area contributed by atoms with E-state index in [0.29, 0.717) is 16.8 Å². The highest BCUT2D eigenvalue weighted by molar-refractivity contribution is 6.10. The van der Waals surface area contributed by atoms with Gasteiger partial charge in [-0.2, -0.15) is 5.26 Å². The first-order chi connectivity index (χ1) is 10.7. The van der Waals surface area contributed by atoms with Crippen LogP contribution in [0.3, 0.4) is 0 Å². The van der Waals surface area contributed by atoms with Crippen molar-refractivity contribution in [2.24, 2.45) is 7.05 Å². The van der Waals surface area contributed by atoms with Crippen LogP contribution < -0.4 is 0 Å². The number of Topliss-reactive ketones (excluding diaryl/α,β-unsaturated/α-hetero) is 1. The zero-order valence-electron chi connectivity index (χ0n) is 12.0. The Bertz CT molecular complexity index is 961. The van der Waals surface area contributed by atoms with Crippen molar-refractivity contribution in [2.75, 3.05) is 0 Å². The second-order valence-electron chi connectivity index (χ2n) is 4.92. The van der Waals surface area contributed by atoms with Crippen LogP contribution in [-0.4, -0.2) is 10.4 Å². The van der Waals surface area contributed by atoms with Gasteiger partial charge < -0.3 is 4.57 Å². The van der Waals surface area contributed by atoms with Gasteiger partial charge in [0.1, 0.15) is 0 Å². The second kappa shape index (κ2) is 5.60. The molecule has 2 aromatic carbocycles. The number of nitrogens with zero attached hydrogens (tertiary/aromatic N) is 2. The highest BCUT2D eigenvalue weighted by Crippen LogP contribution is 2.18. The monoisotopic (exact) mass is 284 g/mol. The summed E-state index contributed by atoms with van der Waals surface area (Å²) >= 11 is 0. The first-order valence-electron chi connectivity index (χ1n) is 6.80. The molecule has 1 aromatic heterocycles. The molecule has 104 valence electrons. The number of carbonyl (C=O) groups is 1. The summed E-state index contributed by atoms with van der Waals surface area (Å²) in [4.78, 5) is 12.3. The molecule has 0 radical (unpaired) electrons. The third-order valence-corrected chi connectivity index (χ3v) is 3.52. The van der Waals surface area contributed by atoms with Crippen LogP contribution in [-0.2, 0) is 7.05 Å². The van der Waals surface area contributed by atoms with E-state index < -0.39 is 0 Å². The van der Waals surface area contributed by atoms with Crippen LogP contribution in [0.15, 0.2) is 54.6 Å². The van der Waals surface area contributed by atoms with Gasteiger partial charge in [0.05, 0.1) is 17.3 Å². The summed E-state index contributed by atoms with van der Waals surface area (Å²) in [6.45, 7) is 0. The molecule has 3 nitrogen and oxygen atoms in total. The molecule has 0 unspecified atom stereocenters. The van der Waals surface area contributed by atoms with Gasteiger partial charge in [-0.25, -0.2) is 0 Å². The lowest BCUT2D eigenvalue weighted by atomic mass is 10.1. The number of hydrogen-bond donors (Lipinski definition) is 0. The van der Waals surface area contributed by atoms with Gasteiger partial charge in [-0.3, -0.25) is 4.79 Å². The van der Waals surface area contributed by atoms with Gasteiger partial charge in [0.2, 0.25) is 0 Å². The number of rotatable bonds is 1. The van der Waals surface area contributed by atoms with Crippen molar-refractivity contribution in [3.05, 3.63) is 71.4 Å². The average molecular weight is 284 g/mol. The molecule has 22 heavy (non-hydrogen) atoms. The quantitative estimate of drug-likeness (QED) is 0.508. The molecule has 0 fully saturated rings. The van der Waals surface area contributed by atoms with Gasteiger partial charge >= 0.3 is 0 Å². The smallest absolute Gasteiger partial charge is 0.252 e. The Morgan fingerprint density at radius 1 is 1.05 bits per heavy atom. The minimum absolute atomic E-state index is 0.219. The molecule has 0 bridgehead atoms. The SMILES string of the molecule is Cn1c(C(=O)C#Cc2ccc(C#N)cc2)cc2ccccc21. The van der Waals surface area contributed by atoms with Gasteiger partial charge in [0.15, 0.2) is 0 Å². The van der Waals surface area contributed by atoms with Crippen molar-refractivity contribution >= 4 is 16.7 Å². The summed E-state index contributed by atoms with van der Waals surface area (Å²) in [7, 11) is 1.86. The highest BCUT2D eigenvalue weighted by Gasteiger charge is 2.10. The number of aryl methyl sites for hydroxylation is 1. The predicted octanol–water partition coefficient (Wildman–Crippen LogP) is 3.28. The molecule has 0 N–H and O–H groups in total. The fraction of sp³-hybridized carbons (Fsp3) is 0.0526. The zero-order chi connectivity index (χ0) is 15.5. The Kier molecular flexibility index (Phi) is 3.48. The van der Waals surface area contributed by atoms with Gasteiger partial charge in [0.25, 0.3) is 5.78 Å². The molecule has 3 rings (SSSR count). The Morgan fingerprint density at radius 3 is 2.41 bits per heavy atom. The molecular formula is C19H12N2O. The topological polar surface area (TPSA) is 45.8 Å². The highest BCUT2D eigenvalue weighted by atomic mass is 16.1. The first-order valence-corrected chi connectivity index (χ1v) is 6.80. The van der Waals surface area contributed by atoms with E-state index in [1.165, 1.54) is 0 Å². The van der Waals surface area contributed by atoms with Crippen LogP contribution in [0, 0.1) is 23.2 Å². The van der Waals surface area contributed by atoms with E-state index in [1.807, 2.05) is 48.0 Å². The molecule has 0 aliphatic rings. The van der Waals surface area contributed by atoms with E-state index in [0.717, 1.165) is 10.9 Å². The van der Waals surface area contributed by atoms with Gasteiger partial charge in [-0.15, -0.1) is 0 Å². The Labute approximate surface area is 128 Å². The van der Waals surface area contributed by atoms with Gasteiger partial charge in [0, 0.05) is 23.5 Å². The largest absolute Gasteiger partial charge is 0.340 e. The molecule has 0 saturated heterocycles. The van der Waals surface area contributed by atoms with Crippen molar-refractivity contribution < 1.29 is 4.79 Å². The third-order valence-electron chi connectivity index (χ3n) is 3.52. The third kappa shape index (κ3) is 2.49. The maximum absolute atomic E-state index is 12.3. The van der Waals surface area contributed by atoms with Crippen LogP contribution >= 0.6 is 0 Å². The maximum atomic E-state index is 12.3. The first kappa shape index (κ1) is 13.7. The predicted molar refractivity (Wildman–Crippen MR) is 85.3 cm³/mol. The number of para-hydroxylation sites is 1. The van der Waals surface area contributed by atoms with Crippen LogP contribution in [0.2, 0.25) is 0 Å².